The summed E-state index contributed by atoms with van der Waals surface area (Å²) < 4.78 is 13.0. The van der Waals surface area contributed by atoms with E-state index in [9.17, 15) is 0 Å². The van der Waals surface area contributed by atoms with Gasteiger partial charge < -0.3 is 15.2 Å². The molecular formula is C24H32N6O2. The smallest absolute Gasteiger partial charge is 0.138 e. The molecule has 170 valence electrons. The molecule has 0 bridgehead atoms. The van der Waals surface area contributed by atoms with Crippen molar-refractivity contribution in [3.05, 3.63) is 59.9 Å². The van der Waals surface area contributed by atoms with Crippen molar-refractivity contribution in [3.8, 4) is 11.5 Å². The van der Waals surface area contributed by atoms with Gasteiger partial charge in [-0.05, 0) is 66.1 Å². The molecule has 0 saturated carbocycles. The van der Waals surface area contributed by atoms with Crippen LogP contribution in [0.2, 0.25) is 0 Å². The van der Waals surface area contributed by atoms with Gasteiger partial charge in [0.25, 0.3) is 0 Å². The van der Waals surface area contributed by atoms with Crippen molar-refractivity contribution in [2.24, 2.45) is 10.7 Å². The van der Waals surface area contributed by atoms with Crippen LogP contribution in [0.15, 0.2) is 53.8 Å². The number of unbranched alkanes of at least 4 members (excludes halogenated alkanes) is 5. The zero-order chi connectivity index (χ0) is 22.6. The van der Waals surface area contributed by atoms with E-state index in [2.05, 4.69) is 20.5 Å². The molecule has 0 saturated heterocycles. The first kappa shape index (κ1) is 23.2. The number of tetrazole rings is 1. The van der Waals surface area contributed by atoms with Gasteiger partial charge in [-0.3, -0.25) is 0 Å². The minimum absolute atomic E-state index is 0.454. The zero-order valence-electron chi connectivity index (χ0n) is 18.9. The van der Waals surface area contributed by atoms with Crippen molar-refractivity contribution in [2.45, 2.75) is 52.0 Å². The minimum atomic E-state index is 0.454. The van der Waals surface area contributed by atoms with E-state index in [4.69, 9.17) is 15.2 Å². The Hall–Kier alpha value is -3.42. The third-order valence-electron chi connectivity index (χ3n) is 5.20. The fourth-order valence-electron chi connectivity index (χ4n) is 3.40. The molecule has 8 nitrogen and oxygen atoms in total. The molecule has 0 fully saturated rings. The Balaban J connectivity index is 1.36. The normalized spacial score (nSPS) is 11.5. The first-order valence-corrected chi connectivity index (χ1v) is 11.1. The number of benzene rings is 2. The summed E-state index contributed by atoms with van der Waals surface area (Å²) in [6, 6.07) is 13.5. The molecule has 8 heteroatoms. The first-order chi connectivity index (χ1) is 15.7. The molecule has 0 spiro atoms. The quantitative estimate of drug-likeness (QED) is 0.241. The molecule has 2 N–H and O–H groups in total. The predicted molar refractivity (Wildman–Crippen MR) is 126 cm³/mol. The topological polar surface area (TPSA) is 100 Å². The van der Waals surface area contributed by atoms with Crippen LogP contribution < -0.4 is 15.2 Å². The van der Waals surface area contributed by atoms with E-state index in [-0.39, 0.29) is 0 Å². The van der Waals surface area contributed by atoms with Crippen LogP contribution in [-0.2, 0) is 6.54 Å². The Morgan fingerprint density at radius 3 is 2.59 bits per heavy atom. The van der Waals surface area contributed by atoms with Crippen LogP contribution in [0.4, 0.5) is 5.69 Å². The lowest BCUT2D eigenvalue weighted by atomic mass is 10.1. The molecular weight excluding hydrogens is 404 g/mol. The lowest BCUT2D eigenvalue weighted by Gasteiger charge is -2.10. The average molecular weight is 437 g/mol. The summed E-state index contributed by atoms with van der Waals surface area (Å²) in [5, 5.41) is 11.2. The highest BCUT2D eigenvalue weighted by atomic mass is 16.5. The summed E-state index contributed by atoms with van der Waals surface area (Å²) in [6.45, 7) is 3.64. The molecule has 3 aromatic rings. The standard InChI is InChI=1S/C24H32N6O2/c1-19-16-21(27-24(25)20-10-9-11-22(17-20)31-2)12-13-23(19)32-15-8-6-4-3-5-7-14-30-18-26-28-29-30/h9-13,16-18H,3-8,14-15H2,1-2H3,(H2,25,27). The van der Waals surface area contributed by atoms with Crippen LogP contribution in [0.1, 0.15) is 49.7 Å². The number of rotatable bonds is 13. The predicted octanol–water partition coefficient (Wildman–Crippen LogP) is 4.45. The highest BCUT2D eigenvalue weighted by molar-refractivity contribution is 5.99. The number of hydrogen-bond donors (Lipinski definition) is 1. The van der Waals surface area contributed by atoms with E-state index in [1.807, 2.05) is 49.4 Å². The molecule has 0 radical (unpaired) electrons. The third kappa shape index (κ3) is 7.37. The van der Waals surface area contributed by atoms with E-state index in [1.54, 1.807) is 18.1 Å². The molecule has 0 atom stereocenters. The fraction of sp³-hybridized carbons (Fsp3) is 0.417. The Morgan fingerprint density at radius 1 is 1.03 bits per heavy atom. The summed E-state index contributed by atoms with van der Waals surface area (Å²) >= 11 is 0. The van der Waals surface area contributed by atoms with Gasteiger partial charge in [0.15, 0.2) is 0 Å². The first-order valence-electron chi connectivity index (χ1n) is 11.1. The van der Waals surface area contributed by atoms with Gasteiger partial charge in [0.1, 0.15) is 23.7 Å². The maximum atomic E-state index is 6.17. The van der Waals surface area contributed by atoms with Gasteiger partial charge >= 0.3 is 0 Å². The van der Waals surface area contributed by atoms with E-state index >= 15 is 0 Å². The summed E-state index contributed by atoms with van der Waals surface area (Å²) in [5.41, 5.74) is 8.86. The van der Waals surface area contributed by atoms with Gasteiger partial charge in [0.2, 0.25) is 0 Å². The summed E-state index contributed by atoms with van der Waals surface area (Å²) in [5.74, 6) is 2.10. The zero-order valence-corrected chi connectivity index (χ0v) is 18.9. The van der Waals surface area contributed by atoms with Crippen molar-refractivity contribution < 1.29 is 9.47 Å². The maximum absolute atomic E-state index is 6.17. The molecule has 0 amide bonds. The van der Waals surface area contributed by atoms with Crippen LogP contribution in [0, 0.1) is 6.92 Å². The van der Waals surface area contributed by atoms with Gasteiger partial charge in [-0.2, -0.15) is 0 Å². The summed E-state index contributed by atoms with van der Waals surface area (Å²) in [7, 11) is 1.63. The van der Waals surface area contributed by atoms with E-state index in [0.29, 0.717) is 5.84 Å². The number of aromatic nitrogens is 4. The lowest BCUT2D eigenvalue weighted by molar-refractivity contribution is 0.302. The van der Waals surface area contributed by atoms with Gasteiger partial charge in [0, 0.05) is 12.1 Å². The van der Waals surface area contributed by atoms with Crippen LogP contribution in [0.25, 0.3) is 0 Å². The van der Waals surface area contributed by atoms with Gasteiger partial charge in [-0.15, -0.1) is 5.10 Å². The molecule has 32 heavy (non-hydrogen) atoms. The average Bonchev–Trinajstić information content (AvgIpc) is 3.33. The Bertz CT molecular complexity index is 988. The third-order valence-corrected chi connectivity index (χ3v) is 5.20. The number of nitrogens with zero attached hydrogens (tertiary/aromatic N) is 5. The SMILES string of the molecule is COc1cccc(C(N)=Nc2ccc(OCCCCCCCCn3cnnn3)c(C)c2)c1. The number of aryl methyl sites for hydroxylation is 2. The van der Waals surface area contributed by atoms with Crippen molar-refractivity contribution in [1.29, 1.82) is 0 Å². The molecule has 2 aromatic carbocycles. The summed E-state index contributed by atoms with van der Waals surface area (Å²) in [6.07, 6.45) is 8.63. The van der Waals surface area contributed by atoms with Crippen molar-refractivity contribution >= 4 is 11.5 Å². The number of methoxy groups -OCH3 is 1. The molecule has 1 heterocycles. The second kappa shape index (κ2) is 12.4. The van der Waals surface area contributed by atoms with Crippen molar-refractivity contribution in [1.82, 2.24) is 20.2 Å². The summed E-state index contributed by atoms with van der Waals surface area (Å²) in [4.78, 5) is 4.54. The second-order valence-corrected chi connectivity index (χ2v) is 7.72. The number of aliphatic imine (C=N–C) groups is 1. The van der Waals surface area contributed by atoms with Crippen molar-refractivity contribution in [3.63, 3.8) is 0 Å². The lowest BCUT2D eigenvalue weighted by Crippen LogP contribution is -2.12. The van der Waals surface area contributed by atoms with Gasteiger partial charge in [-0.1, -0.05) is 37.8 Å². The monoisotopic (exact) mass is 436 g/mol. The van der Waals surface area contributed by atoms with Crippen LogP contribution in [0.5, 0.6) is 11.5 Å². The maximum Gasteiger partial charge on any atom is 0.138 e. The number of nitrogens with two attached hydrogens (primary N) is 1. The highest BCUT2D eigenvalue weighted by Gasteiger charge is 2.04. The van der Waals surface area contributed by atoms with Crippen LogP contribution in [-0.4, -0.2) is 39.8 Å². The van der Waals surface area contributed by atoms with Gasteiger partial charge in [-0.25, -0.2) is 9.67 Å². The number of amidine groups is 1. The molecule has 0 aliphatic rings. The minimum Gasteiger partial charge on any atom is -0.497 e. The molecule has 0 aliphatic heterocycles. The van der Waals surface area contributed by atoms with E-state index in [1.165, 1.54) is 25.7 Å². The highest BCUT2D eigenvalue weighted by Crippen LogP contribution is 2.25. The molecule has 3 rings (SSSR count). The second-order valence-electron chi connectivity index (χ2n) is 7.72. The Kier molecular flexibility index (Phi) is 9.04. The largest absolute Gasteiger partial charge is 0.497 e. The van der Waals surface area contributed by atoms with Crippen molar-refractivity contribution in [2.75, 3.05) is 13.7 Å². The fourth-order valence-corrected chi connectivity index (χ4v) is 3.40. The van der Waals surface area contributed by atoms with E-state index in [0.717, 1.165) is 54.3 Å². The Labute approximate surface area is 189 Å². The van der Waals surface area contributed by atoms with E-state index < -0.39 is 0 Å². The molecule has 0 aliphatic carbocycles. The number of hydrogen-bond acceptors (Lipinski definition) is 6. The Morgan fingerprint density at radius 2 is 1.84 bits per heavy atom. The number of ether oxygens (including phenoxy) is 2. The van der Waals surface area contributed by atoms with Crippen LogP contribution >= 0.6 is 0 Å². The molecule has 0 unspecified atom stereocenters. The van der Waals surface area contributed by atoms with Crippen LogP contribution in [0.3, 0.4) is 0 Å². The molecule has 1 aromatic heterocycles. The van der Waals surface area contributed by atoms with Gasteiger partial charge in [0.05, 0.1) is 19.4 Å².